The second-order valence-corrected chi connectivity index (χ2v) is 7.75. The molecule has 0 spiro atoms. The molecule has 2 aromatic rings. The van der Waals surface area contributed by atoms with Gasteiger partial charge < -0.3 is 15.2 Å². The topological polar surface area (TPSA) is 60.6 Å². The van der Waals surface area contributed by atoms with E-state index in [0.717, 1.165) is 30.7 Å². The van der Waals surface area contributed by atoms with Crippen LogP contribution in [0.25, 0.3) is 0 Å². The number of pyridine rings is 1. The second kappa shape index (κ2) is 6.56. The molecular weight excluding hydrogens is 326 g/mol. The van der Waals surface area contributed by atoms with Gasteiger partial charge in [0.05, 0.1) is 0 Å². The number of nitrogens with two attached hydrogens (primary N) is 1. The smallest absolute Gasteiger partial charge is 0.257 e. The van der Waals surface area contributed by atoms with Crippen molar-refractivity contribution in [3.63, 3.8) is 0 Å². The molecule has 5 rings (SSSR count). The Morgan fingerprint density at radius 3 is 2.62 bits per heavy atom. The molecule has 2 N–H and O–H groups in total. The summed E-state index contributed by atoms with van der Waals surface area (Å²) in [5, 5.41) is 0. The van der Waals surface area contributed by atoms with Crippen molar-refractivity contribution in [2.24, 2.45) is 5.73 Å². The standard InChI is InChI=1S/C21H25N3O2/c22-16-10-17-7-8-18(11-16)24(17)12-14-3-5-15(6-4-14)20-13-25-19-2-1-9-23-21(19)26-20/h1-6,9,16-18,20H,7-8,10-13,22H2/t16?,17-,18?,20+/m0/s1. The van der Waals surface area contributed by atoms with E-state index in [1.807, 2.05) is 12.1 Å². The molecule has 1 aromatic carbocycles. The molecule has 0 amide bonds. The van der Waals surface area contributed by atoms with Gasteiger partial charge in [-0.25, -0.2) is 4.98 Å². The van der Waals surface area contributed by atoms with Crippen LogP contribution < -0.4 is 15.2 Å². The third-order valence-corrected chi connectivity index (χ3v) is 6.02. The number of benzene rings is 1. The molecule has 136 valence electrons. The third kappa shape index (κ3) is 2.95. The van der Waals surface area contributed by atoms with E-state index in [4.69, 9.17) is 15.2 Å². The predicted molar refractivity (Wildman–Crippen MR) is 99.1 cm³/mol. The first-order valence-corrected chi connectivity index (χ1v) is 9.61. The highest BCUT2D eigenvalue weighted by atomic mass is 16.6. The van der Waals surface area contributed by atoms with Gasteiger partial charge in [0.15, 0.2) is 11.9 Å². The summed E-state index contributed by atoms with van der Waals surface area (Å²) in [4.78, 5) is 6.92. The van der Waals surface area contributed by atoms with E-state index in [9.17, 15) is 0 Å². The fraction of sp³-hybridized carbons (Fsp3) is 0.476. The largest absolute Gasteiger partial charge is 0.484 e. The highest BCUT2D eigenvalue weighted by molar-refractivity contribution is 5.36. The second-order valence-electron chi connectivity index (χ2n) is 7.75. The monoisotopic (exact) mass is 351 g/mol. The fourth-order valence-electron chi connectivity index (χ4n) is 4.70. The average molecular weight is 351 g/mol. The number of piperidine rings is 1. The van der Waals surface area contributed by atoms with E-state index in [-0.39, 0.29) is 6.10 Å². The Morgan fingerprint density at radius 1 is 1.08 bits per heavy atom. The van der Waals surface area contributed by atoms with Crippen LogP contribution in [0, 0.1) is 0 Å². The van der Waals surface area contributed by atoms with Crippen LogP contribution in [0.5, 0.6) is 11.6 Å². The summed E-state index contributed by atoms with van der Waals surface area (Å²) < 4.78 is 11.8. The molecule has 4 atom stereocenters. The first-order chi connectivity index (χ1) is 12.8. The minimum atomic E-state index is -0.101. The number of ether oxygens (including phenoxy) is 2. The fourth-order valence-corrected chi connectivity index (χ4v) is 4.70. The van der Waals surface area contributed by atoms with Crippen molar-refractivity contribution in [3.05, 3.63) is 53.7 Å². The first kappa shape index (κ1) is 16.1. The van der Waals surface area contributed by atoms with Gasteiger partial charge in [-0.15, -0.1) is 0 Å². The van der Waals surface area contributed by atoms with Crippen LogP contribution >= 0.6 is 0 Å². The molecule has 1 aromatic heterocycles. The zero-order chi connectivity index (χ0) is 17.5. The molecule has 0 saturated carbocycles. The number of hydrogen-bond acceptors (Lipinski definition) is 5. The van der Waals surface area contributed by atoms with Crippen LogP contribution in [0.3, 0.4) is 0 Å². The van der Waals surface area contributed by atoms with E-state index in [2.05, 4.69) is 34.1 Å². The van der Waals surface area contributed by atoms with Crippen molar-refractivity contribution < 1.29 is 9.47 Å². The van der Waals surface area contributed by atoms with Crippen LogP contribution in [-0.2, 0) is 6.54 Å². The van der Waals surface area contributed by atoms with Crippen molar-refractivity contribution in [2.75, 3.05) is 6.61 Å². The quantitative estimate of drug-likeness (QED) is 0.921. The lowest BCUT2D eigenvalue weighted by molar-refractivity contribution is 0.0850. The third-order valence-electron chi connectivity index (χ3n) is 6.02. The van der Waals surface area contributed by atoms with E-state index >= 15 is 0 Å². The van der Waals surface area contributed by atoms with Gasteiger partial charge in [0, 0.05) is 30.9 Å². The maximum atomic E-state index is 6.19. The van der Waals surface area contributed by atoms with Crippen molar-refractivity contribution >= 4 is 0 Å². The predicted octanol–water partition coefficient (Wildman–Crippen LogP) is 3.05. The van der Waals surface area contributed by atoms with Crippen LogP contribution in [0.4, 0.5) is 0 Å². The Labute approximate surface area is 154 Å². The van der Waals surface area contributed by atoms with Gasteiger partial charge in [-0.3, -0.25) is 4.90 Å². The summed E-state index contributed by atoms with van der Waals surface area (Å²) in [6, 6.07) is 14.2. The number of aromatic nitrogens is 1. The minimum absolute atomic E-state index is 0.101. The Balaban J connectivity index is 1.27. The van der Waals surface area contributed by atoms with Crippen molar-refractivity contribution in [2.45, 2.75) is 56.5 Å². The normalized spacial score (nSPS) is 30.3. The molecule has 26 heavy (non-hydrogen) atoms. The summed E-state index contributed by atoms with van der Waals surface area (Å²) in [6.45, 7) is 1.54. The Bertz CT molecular complexity index is 765. The van der Waals surface area contributed by atoms with Crippen LogP contribution in [-0.4, -0.2) is 34.6 Å². The van der Waals surface area contributed by atoms with E-state index in [1.165, 1.54) is 18.4 Å². The molecule has 2 bridgehead atoms. The van der Waals surface area contributed by atoms with Crippen molar-refractivity contribution in [1.82, 2.24) is 9.88 Å². The summed E-state index contributed by atoms with van der Waals surface area (Å²) >= 11 is 0. The average Bonchev–Trinajstić information content (AvgIpc) is 2.91. The van der Waals surface area contributed by atoms with Gasteiger partial charge in [-0.2, -0.15) is 0 Å². The molecule has 5 heteroatoms. The van der Waals surface area contributed by atoms with Crippen LogP contribution in [0.15, 0.2) is 42.6 Å². The summed E-state index contributed by atoms with van der Waals surface area (Å²) in [6.07, 6.45) is 6.52. The van der Waals surface area contributed by atoms with Crippen LogP contribution in [0.2, 0.25) is 0 Å². The molecule has 0 aliphatic carbocycles. The Kier molecular flexibility index (Phi) is 4.06. The lowest BCUT2D eigenvalue weighted by Gasteiger charge is -2.37. The van der Waals surface area contributed by atoms with E-state index < -0.39 is 0 Å². The molecular formula is C21H25N3O2. The van der Waals surface area contributed by atoms with Gasteiger partial charge in [-0.05, 0) is 48.9 Å². The molecule has 2 fully saturated rings. The van der Waals surface area contributed by atoms with Gasteiger partial charge >= 0.3 is 0 Å². The summed E-state index contributed by atoms with van der Waals surface area (Å²) in [5.74, 6) is 1.30. The molecule has 3 aliphatic heterocycles. The van der Waals surface area contributed by atoms with Gasteiger partial charge in [0.1, 0.15) is 6.61 Å². The lowest BCUT2D eigenvalue weighted by atomic mass is 9.97. The molecule has 0 radical (unpaired) electrons. The Hall–Kier alpha value is -2.11. The van der Waals surface area contributed by atoms with Gasteiger partial charge in [0.25, 0.3) is 5.88 Å². The van der Waals surface area contributed by atoms with Crippen molar-refractivity contribution in [1.29, 1.82) is 0 Å². The molecule has 5 nitrogen and oxygen atoms in total. The lowest BCUT2D eigenvalue weighted by Crippen LogP contribution is -2.46. The number of fused-ring (bicyclic) bond motifs is 3. The Morgan fingerprint density at radius 2 is 1.85 bits per heavy atom. The molecule has 2 unspecified atom stereocenters. The highest BCUT2D eigenvalue weighted by Gasteiger charge is 2.39. The first-order valence-electron chi connectivity index (χ1n) is 9.61. The van der Waals surface area contributed by atoms with Gasteiger partial charge in [0.2, 0.25) is 0 Å². The number of hydrogen-bond donors (Lipinski definition) is 1. The number of rotatable bonds is 3. The maximum absolute atomic E-state index is 6.19. The summed E-state index contributed by atoms with van der Waals surface area (Å²) in [7, 11) is 0. The maximum Gasteiger partial charge on any atom is 0.257 e. The highest BCUT2D eigenvalue weighted by Crippen LogP contribution is 2.37. The van der Waals surface area contributed by atoms with E-state index in [0.29, 0.717) is 30.6 Å². The number of nitrogens with zero attached hydrogens (tertiary/aromatic N) is 2. The zero-order valence-corrected chi connectivity index (χ0v) is 14.9. The van der Waals surface area contributed by atoms with Crippen molar-refractivity contribution in [3.8, 4) is 11.6 Å². The molecule has 3 aliphatic rings. The van der Waals surface area contributed by atoms with Gasteiger partial charge in [-0.1, -0.05) is 24.3 Å². The zero-order valence-electron chi connectivity index (χ0n) is 14.9. The SMILES string of the molecule is NC1CC2CC[C@@H](C1)N2Cc1ccc([C@H]2COc3cccnc3O2)cc1. The minimum Gasteiger partial charge on any atom is -0.484 e. The van der Waals surface area contributed by atoms with Crippen LogP contribution in [0.1, 0.15) is 42.9 Å². The van der Waals surface area contributed by atoms with E-state index in [1.54, 1.807) is 6.20 Å². The summed E-state index contributed by atoms with van der Waals surface area (Å²) in [5.41, 5.74) is 8.68. The molecule has 2 saturated heterocycles. The molecule has 4 heterocycles.